The van der Waals surface area contributed by atoms with Crippen molar-refractivity contribution in [1.29, 1.82) is 0 Å². The van der Waals surface area contributed by atoms with Gasteiger partial charge in [-0.3, -0.25) is 0 Å². The minimum atomic E-state index is -4.31. The van der Waals surface area contributed by atoms with Crippen molar-refractivity contribution in [1.82, 2.24) is 9.78 Å². The number of anilines is 1. The molecule has 4 saturated carbocycles. The molecule has 4 aliphatic carbocycles. The second-order valence-corrected chi connectivity index (χ2v) is 9.51. The van der Waals surface area contributed by atoms with E-state index < -0.39 is 11.7 Å². The van der Waals surface area contributed by atoms with Gasteiger partial charge in [0.15, 0.2) is 0 Å². The zero-order valence-corrected chi connectivity index (χ0v) is 15.7. The lowest BCUT2D eigenvalue weighted by atomic mass is 9.48. The first-order valence-corrected chi connectivity index (χ1v) is 10.5. The first kappa shape index (κ1) is 16.9. The van der Waals surface area contributed by atoms with Gasteiger partial charge in [-0.1, -0.05) is 0 Å². The molecule has 28 heavy (non-hydrogen) atoms. The zero-order valence-electron chi connectivity index (χ0n) is 15.7. The molecule has 0 atom stereocenters. The quantitative estimate of drug-likeness (QED) is 0.755. The number of alkyl halides is 3. The van der Waals surface area contributed by atoms with Gasteiger partial charge in [-0.25, -0.2) is 4.68 Å². The maximum atomic E-state index is 12.9. The van der Waals surface area contributed by atoms with Crippen LogP contribution in [0.15, 0.2) is 24.3 Å². The Balaban J connectivity index is 1.43. The highest BCUT2D eigenvalue weighted by Gasteiger charge is 2.54. The van der Waals surface area contributed by atoms with Gasteiger partial charge < -0.3 is 5.32 Å². The summed E-state index contributed by atoms with van der Waals surface area (Å²) in [5, 5.41) is 8.50. The highest BCUT2D eigenvalue weighted by Crippen LogP contribution is 2.61. The monoisotopic (exact) mass is 387 g/mol. The first-order valence-electron chi connectivity index (χ1n) is 10.5. The molecule has 0 radical (unpaired) electrons. The summed E-state index contributed by atoms with van der Waals surface area (Å²) in [6.07, 6.45) is 4.55. The molecular weight excluding hydrogens is 363 g/mol. The van der Waals surface area contributed by atoms with Crippen molar-refractivity contribution >= 4 is 5.82 Å². The number of nitrogens with zero attached hydrogens (tertiary/aromatic N) is 2. The Labute approximate surface area is 162 Å². The van der Waals surface area contributed by atoms with Gasteiger partial charge in [0.05, 0.1) is 16.9 Å². The van der Waals surface area contributed by atoms with Gasteiger partial charge in [-0.2, -0.15) is 18.3 Å². The van der Waals surface area contributed by atoms with E-state index in [4.69, 9.17) is 5.10 Å². The Morgan fingerprint density at radius 1 is 0.964 bits per heavy atom. The maximum absolute atomic E-state index is 12.9. The largest absolute Gasteiger partial charge is 0.416 e. The zero-order chi connectivity index (χ0) is 19.1. The van der Waals surface area contributed by atoms with Crippen molar-refractivity contribution in [3.63, 3.8) is 0 Å². The van der Waals surface area contributed by atoms with Crippen molar-refractivity contribution in [3.05, 3.63) is 41.1 Å². The SMILES string of the molecule is FC(F)(F)c1ccc(-n2nc(C34CC5CC(CC(C5)C3)C4)c3c2NCC3)cc1. The molecule has 7 rings (SSSR count). The first-order chi connectivity index (χ1) is 13.4. The lowest BCUT2D eigenvalue weighted by Gasteiger charge is -2.56. The van der Waals surface area contributed by atoms with Gasteiger partial charge in [0.1, 0.15) is 5.82 Å². The number of hydrogen-bond donors (Lipinski definition) is 1. The molecule has 0 unspecified atom stereocenters. The number of rotatable bonds is 2. The van der Waals surface area contributed by atoms with E-state index >= 15 is 0 Å². The van der Waals surface area contributed by atoms with Crippen LogP contribution in [-0.2, 0) is 18.0 Å². The molecule has 1 aromatic carbocycles. The van der Waals surface area contributed by atoms with Crippen LogP contribution in [0.3, 0.4) is 0 Å². The molecule has 0 amide bonds. The van der Waals surface area contributed by atoms with Crippen LogP contribution in [0.5, 0.6) is 0 Å². The number of halogens is 3. The minimum Gasteiger partial charge on any atom is -0.369 e. The average Bonchev–Trinajstić information content (AvgIpc) is 3.22. The number of aromatic nitrogens is 2. The molecule has 3 nitrogen and oxygen atoms in total. The predicted octanol–water partition coefficient (Wildman–Crippen LogP) is 5.33. The van der Waals surface area contributed by atoms with E-state index in [-0.39, 0.29) is 5.41 Å². The third-order valence-electron chi connectivity index (χ3n) is 7.63. The summed E-state index contributed by atoms with van der Waals surface area (Å²) in [7, 11) is 0. The molecule has 148 valence electrons. The van der Waals surface area contributed by atoms with Crippen molar-refractivity contribution in [3.8, 4) is 5.69 Å². The van der Waals surface area contributed by atoms with Crippen molar-refractivity contribution in [2.24, 2.45) is 17.8 Å². The van der Waals surface area contributed by atoms with E-state index in [0.29, 0.717) is 5.69 Å². The van der Waals surface area contributed by atoms with E-state index in [1.807, 2.05) is 4.68 Å². The molecule has 1 aromatic heterocycles. The highest BCUT2D eigenvalue weighted by molar-refractivity contribution is 5.59. The smallest absolute Gasteiger partial charge is 0.369 e. The van der Waals surface area contributed by atoms with Crippen LogP contribution in [0.2, 0.25) is 0 Å². The third-order valence-corrected chi connectivity index (χ3v) is 7.63. The number of fused-ring (bicyclic) bond motifs is 1. The fourth-order valence-electron chi connectivity index (χ4n) is 6.98. The van der Waals surface area contributed by atoms with Crippen LogP contribution in [0.4, 0.5) is 19.0 Å². The van der Waals surface area contributed by atoms with Crippen molar-refractivity contribution < 1.29 is 13.2 Å². The molecule has 2 heterocycles. The van der Waals surface area contributed by atoms with E-state index in [0.717, 1.165) is 48.7 Å². The minimum absolute atomic E-state index is 0.196. The summed E-state index contributed by atoms with van der Waals surface area (Å²) in [6.45, 7) is 0.882. The van der Waals surface area contributed by atoms with Gasteiger partial charge in [0.25, 0.3) is 0 Å². The summed E-state index contributed by atoms with van der Waals surface area (Å²) >= 11 is 0. The third kappa shape index (κ3) is 2.39. The molecule has 4 bridgehead atoms. The Hall–Kier alpha value is -1.98. The molecular formula is C22H24F3N3. The van der Waals surface area contributed by atoms with Crippen molar-refractivity contribution in [2.45, 2.75) is 56.5 Å². The topological polar surface area (TPSA) is 29.9 Å². The van der Waals surface area contributed by atoms with Gasteiger partial charge in [-0.05, 0) is 87.0 Å². The lowest BCUT2D eigenvalue weighted by molar-refractivity contribution is -0.137. The average molecular weight is 387 g/mol. The lowest BCUT2D eigenvalue weighted by Crippen LogP contribution is -2.49. The Morgan fingerprint density at radius 3 is 2.14 bits per heavy atom. The summed E-state index contributed by atoms with van der Waals surface area (Å²) in [5.74, 6) is 3.51. The predicted molar refractivity (Wildman–Crippen MR) is 101 cm³/mol. The molecule has 1 N–H and O–H groups in total. The fraction of sp³-hybridized carbons (Fsp3) is 0.591. The van der Waals surface area contributed by atoms with Crippen LogP contribution in [0, 0.1) is 17.8 Å². The highest BCUT2D eigenvalue weighted by atomic mass is 19.4. The number of nitrogens with one attached hydrogen (secondary N) is 1. The molecule has 6 heteroatoms. The van der Waals surface area contributed by atoms with Crippen LogP contribution in [0.1, 0.15) is 55.3 Å². The summed E-state index contributed by atoms with van der Waals surface area (Å²) in [6, 6.07) is 5.39. The summed E-state index contributed by atoms with van der Waals surface area (Å²) < 4.78 is 40.7. The summed E-state index contributed by atoms with van der Waals surface area (Å²) in [5.41, 5.74) is 2.83. The Morgan fingerprint density at radius 2 is 1.57 bits per heavy atom. The van der Waals surface area contributed by atoms with Gasteiger partial charge in [0, 0.05) is 17.5 Å². The fourth-order valence-corrected chi connectivity index (χ4v) is 6.98. The molecule has 0 spiro atoms. The Kier molecular flexibility index (Phi) is 3.35. The van der Waals surface area contributed by atoms with Crippen LogP contribution >= 0.6 is 0 Å². The van der Waals surface area contributed by atoms with E-state index in [1.54, 1.807) is 12.1 Å². The van der Waals surface area contributed by atoms with E-state index in [2.05, 4.69) is 5.32 Å². The Bertz CT molecular complexity index is 890. The van der Waals surface area contributed by atoms with Crippen LogP contribution in [0.25, 0.3) is 5.69 Å². The van der Waals surface area contributed by atoms with Gasteiger partial charge >= 0.3 is 6.18 Å². The van der Waals surface area contributed by atoms with Crippen LogP contribution < -0.4 is 5.32 Å². The molecule has 1 aliphatic heterocycles. The summed E-state index contributed by atoms with van der Waals surface area (Å²) in [4.78, 5) is 0. The standard InChI is InChI=1S/C22H24F3N3/c23-22(24,25)16-1-3-17(4-2-16)28-20-18(5-6-26-20)19(27-28)21-10-13-7-14(11-21)9-15(8-13)12-21/h1-4,13-15,26H,5-12H2. The molecule has 0 saturated heterocycles. The second kappa shape index (κ2) is 5.55. The molecule has 4 fully saturated rings. The maximum Gasteiger partial charge on any atom is 0.416 e. The van der Waals surface area contributed by atoms with Gasteiger partial charge in [-0.15, -0.1) is 0 Å². The normalized spacial score (nSPS) is 33.2. The van der Waals surface area contributed by atoms with E-state index in [1.165, 1.54) is 49.8 Å². The van der Waals surface area contributed by atoms with Crippen molar-refractivity contribution in [2.75, 3.05) is 11.9 Å². The van der Waals surface area contributed by atoms with Gasteiger partial charge in [0.2, 0.25) is 0 Å². The molecule has 2 aromatic rings. The second-order valence-electron chi connectivity index (χ2n) is 9.51. The number of benzene rings is 1. The van der Waals surface area contributed by atoms with E-state index in [9.17, 15) is 13.2 Å². The molecule has 5 aliphatic rings. The van der Waals surface area contributed by atoms with Crippen LogP contribution in [-0.4, -0.2) is 16.3 Å². The number of hydrogen-bond acceptors (Lipinski definition) is 2.